The number of aryl methyl sites for hydroxylation is 1. The van der Waals surface area contributed by atoms with Gasteiger partial charge in [-0.3, -0.25) is 25.2 Å². The van der Waals surface area contributed by atoms with Crippen LogP contribution < -0.4 is 25.9 Å². The Morgan fingerprint density at radius 1 is 0.833 bits per heavy atom. The molecule has 9 heteroatoms. The van der Waals surface area contributed by atoms with Gasteiger partial charge >= 0.3 is 0 Å². The minimum Gasteiger partial charge on any atom is -0.493 e. The van der Waals surface area contributed by atoms with Crippen LogP contribution in [0.15, 0.2) is 77.6 Å². The van der Waals surface area contributed by atoms with Gasteiger partial charge in [-0.15, -0.1) is 0 Å². The Bertz CT molecular complexity index is 1450. The molecule has 0 spiro atoms. The van der Waals surface area contributed by atoms with Crippen molar-refractivity contribution in [2.24, 2.45) is 0 Å². The van der Waals surface area contributed by atoms with Crippen molar-refractivity contribution >= 4 is 22.6 Å². The molecule has 4 rings (SSSR count). The maximum absolute atomic E-state index is 13.0. The average molecular weight is 487 g/mol. The number of aromatic nitrogens is 2. The van der Waals surface area contributed by atoms with E-state index in [1.54, 1.807) is 50.6 Å². The number of hydrogen-bond donors (Lipinski definition) is 2. The highest BCUT2D eigenvalue weighted by atomic mass is 16.5. The quantitative estimate of drug-likeness (QED) is 0.371. The molecule has 3 aromatic carbocycles. The molecule has 2 N–H and O–H groups in total. The van der Waals surface area contributed by atoms with Gasteiger partial charge in [0.1, 0.15) is 0 Å². The Labute approximate surface area is 207 Å². The van der Waals surface area contributed by atoms with Crippen LogP contribution in [-0.4, -0.2) is 35.8 Å². The van der Waals surface area contributed by atoms with Gasteiger partial charge in [0.25, 0.3) is 11.5 Å². The van der Waals surface area contributed by atoms with Gasteiger partial charge in [-0.1, -0.05) is 54.6 Å². The molecule has 0 atom stereocenters. The van der Waals surface area contributed by atoms with Crippen LogP contribution in [0.3, 0.4) is 0 Å². The van der Waals surface area contributed by atoms with Crippen molar-refractivity contribution in [3.05, 3.63) is 100.0 Å². The number of fused-ring (bicyclic) bond motifs is 1. The lowest BCUT2D eigenvalue weighted by Crippen LogP contribution is -2.43. The lowest BCUT2D eigenvalue weighted by Gasteiger charge is -2.12. The summed E-state index contributed by atoms with van der Waals surface area (Å²) in [6.45, 7) is 0.211. The van der Waals surface area contributed by atoms with E-state index < -0.39 is 5.91 Å². The zero-order valence-corrected chi connectivity index (χ0v) is 20.0. The summed E-state index contributed by atoms with van der Waals surface area (Å²) in [5.41, 5.74) is 6.34. The van der Waals surface area contributed by atoms with Crippen LogP contribution in [0.2, 0.25) is 0 Å². The van der Waals surface area contributed by atoms with Gasteiger partial charge in [-0.25, -0.2) is 4.68 Å². The zero-order valence-electron chi connectivity index (χ0n) is 20.0. The van der Waals surface area contributed by atoms with Crippen LogP contribution in [0, 0.1) is 0 Å². The Kier molecular flexibility index (Phi) is 7.60. The number of hydrazine groups is 1. The molecule has 36 heavy (non-hydrogen) atoms. The summed E-state index contributed by atoms with van der Waals surface area (Å²) in [5, 5.41) is 5.09. The van der Waals surface area contributed by atoms with Crippen LogP contribution in [0.1, 0.15) is 28.0 Å². The molecule has 0 aliphatic heterocycles. The first-order valence-electron chi connectivity index (χ1n) is 11.3. The summed E-state index contributed by atoms with van der Waals surface area (Å²) in [6.07, 6.45) is 0.572. The lowest BCUT2D eigenvalue weighted by atomic mass is 10.1. The third-order valence-corrected chi connectivity index (χ3v) is 5.66. The highest BCUT2D eigenvalue weighted by Crippen LogP contribution is 2.27. The van der Waals surface area contributed by atoms with E-state index in [1.807, 2.05) is 36.4 Å². The monoisotopic (exact) mass is 486 g/mol. The van der Waals surface area contributed by atoms with Gasteiger partial charge in [0.15, 0.2) is 17.2 Å². The van der Waals surface area contributed by atoms with E-state index in [0.717, 1.165) is 11.1 Å². The molecule has 1 aromatic heterocycles. The molecule has 0 radical (unpaired) electrons. The highest BCUT2D eigenvalue weighted by molar-refractivity contribution is 6.05. The number of amides is 2. The molecule has 9 nitrogen and oxygen atoms in total. The number of methoxy groups -OCH3 is 2. The van der Waals surface area contributed by atoms with E-state index >= 15 is 0 Å². The molecule has 4 aromatic rings. The summed E-state index contributed by atoms with van der Waals surface area (Å²) in [5.74, 6) is 0.186. The minimum atomic E-state index is -0.618. The van der Waals surface area contributed by atoms with Crippen LogP contribution in [0.4, 0.5) is 0 Å². The average Bonchev–Trinajstić information content (AvgIpc) is 2.92. The predicted molar refractivity (Wildman–Crippen MR) is 135 cm³/mol. The van der Waals surface area contributed by atoms with E-state index in [0.29, 0.717) is 28.7 Å². The van der Waals surface area contributed by atoms with E-state index in [1.165, 1.54) is 4.68 Å². The molecule has 0 unspecified atom stereocenters. The van der Waals surface area contributed by atoms with Crippen molar-refractivity contribution in [1.29, 1.82) is 0 Å². The minimum absolute atomic E-state index is 0.0429. The van der Waals surface area contributed by atoms with Crippen LogP contribution in [0.5, 0.6) is 11.5 Å². The van der Waals surface area contributed by atoms with Crippen LogP contribution >= 0.6 is 0 Å². The maximum Gasteiger partial charge on any atom is 0.290 e. The number of nitrogens with one attached hydrogen (secondary N) is 2. The van der Waals surface area contributed by atoms with Gasteiger partial charge in [0.2, 0.25) is 5.91 Å². The maximum atomic E-state index is 13.0. The number of carbonyl (C=O) groups is 2. The Hall–Kier alpha value is -4.66. The number of ether oxygens (including phenoxy) is 2. The van der Waals surface area contributed by atoms with Crippen molar-refractivity contribution in [1.82, 2.24) is 20.6 Å². The summed E-state index contributed by atoms with van der Waals surface area (Å²) in [6, 6.07) is 21.6. The topological polar surface area (TPSA) is 112 Å². The zero-order chi connectivity index (χ0) is 25.5. The molecule has 2 amide bonds. The molecular weight excluding hydrogens is 460 g/mol. The molecule has 0 aliphatic rings. The summed E-state index contributed by atoms with van der Waals surface area (Å²) in [4.78, 5) is 38.3. The Morgan fingerprint density at radius 2 is 1.53 bits per heavy atom. The second-order valence-corrected chi connectivity index (χ2v) is 8.03. The fraction of sp³-hybridized carbons (Fsp3) is 0.185. The SMILES string of the molecule is COc1ccc(CCC(=O)NNC(=O)c2nn(Cc3ccccc3)c(=O)c3ccccc23)cc1OC. The Balaban J connectivity index is 1.46. The number of carbonyl (C=O) groups excluding carboxylic acids is 2. The number of hydrogen-bond acceptors (Lipinski definition) is 6. The first kappa shape index (κ1) is 24.5. The third kappa shape index (κ3) is 5.52. The Morgan fingerprint density at radius 3 is 2.25 bits per heavy atom. The number of benzene rings is 3. The highest BCUT2D eigenvalue weighted by Gasteiger charge is 2.17. The second kappa shape index (κ2) is 11.2. The molecular formula is C27H26N4O5. The molecule has 0 fully saturated rings. The summed E-state index contributed by atoms with van der Waals surface area (Å²) < 4.78 is 11.8. The first-order valence-corrected chi connectivity index (χ1v) is 11.3. The smallest absolute Gasteiger partial charge is 0.290 e. The summed E-state index contributed by atoms with van der Waals surface area (Å²) >= 11 is 0. The van der Waals surface area contributed by atoms with E-state index in [4.69, 9.17) is 9.47 Å². The van der Waals surface area contributed by atoms with Crippen molar-refractivity contribution in [3.63, 3.8) is 0 Å². The first-order chi connectivity index (χ1) is 17.5. The molecule has 0 aliphatic carbocycles. The summed E-state index contributed by atoms with van der Waals surface area (Å²) in [7, 11) is 3.10. The van der Waals surface area contributed by atoms with Crippen molar-refractivity contribution < 1.29 is 19.1 Å². The molecule has 184 valence electrons. The van der Waals surface area contributed by atoms with Gasteiger partial charge in [0.05, 0.1) is 26.2 Å². The van der Waals surface area contributed by atoms with Crippen molar-refractivity contribution in [3.8, 4) is 11.5 Å². The van der Waals surface area contributed by atoms with Crippen molar-refractivity contribution in [2.45, 2.75) is 19.4 Å². The van der Waals surface area contributed by atoms with Crippen LogP contribution in [0.25, 0.3) is 10.8 Å². The standard InChI is InChI=1S/C27H26N4O5/c1-35-22-14-12-18(16-23(22)36-2)13-15-24(32)28-29-26(33)25-20-10-6-7-11-21(20)27(34)31(30-25)17-19-8-4-3-5-9-19/h3-12,14,16H,13,15,17H2,1-2H3,(H,28,32)(H,29,33). The largest absolute Gasteiger partial charge is 0.493 e. The van der Waals surface area contributed by atoms with Gasteiger partial charge in [-0.2, -0.15) is 5.10 Å². The molecule has 0 saturated heterocycles. The molecule has 1 heterocycles. The van der Waals surface area contributed by atoms with Crippen molar-refractivity contribution in [2.75, 3.05) is 14.2 Å². The van der Waals surface area contributed by atoms with Crippen LogP contribution in [-0.2, 0) is 17.8 Å². The lowest BCUT2D eigenvalue weighted by molar-refractivity contribution is -0.121. The van der Waals surface area contributed by atoms with E-state index in [-0.39, 0.29) is 30.1 Å². The number of rotatable bonds is 8. The van der Waals surface area contributed by atoms with Gasteiger partial charge in [-0.05, 0) is 35.7 Å². The fourth-order valence-electron chi connectivity index (χ4n) is 3.81. The van der Waals surface area contributed by atoms with E-state index in [9.17, 15) is 14.4 Å². The predicted octanol–water partition coefficient (Wildman–Crippen LogP) is 2.86. The normalized spacial score (nSPS) is 10.6. The second-order valence-electron chi connectivity index (χ2n) is 8.03. The number of nitrogens with zero attached hydrogens (tertiary/aromatic N) is 2. The molecule has 0 bridgehead atoms. The van der Waals surface area contributed by atoms with Gasteiger partial charge in [0, 0.05) is 11.8 Å². The van der Waals surface area contributed by atoms with Gasteiger partial charge < -0.3 is 9.47 Å². The third-order valence-electron chi connectivity index (χ3n) is 5.66. The van der Waals surface area contributed by atoms with E-state index in [2.05, 4.69) is 16.0 Å². The molecule has 0 saturated carbocycles. The fourth-order valence-corrected chi connectivity index (χ4v) is 3.81.